The van der Waals surface area contributed by atoms with Crippen LogP contribution in [0.5, 0.6) is 5.75 Å². The van der Waals surface area contributed by atoms with Gasteiger partial charge in [0.2, 0.25) is 0 Å². The average Bonchev–Trinajstić information content (AvgIpc) is 2.37. The highest BCUT2D eigenvalue weighted by Crippen LogP contribution is 2.18. The Kier molecular flexibility index (Phi) is 6.89. The van der Waals surface area contributed by atoms with E-state index in [1.54, 1.807) is 0 Å². The average molecular weight is 265 g/mol. The predicted octanol–water partition coefficient (Wildman–Crippen LogP) is 3.37. The summed E-state index contributed by atoms with van der Waals surface area (Å²) in [5.41, 5.74) is 7.05. The van der Waals surface area contributed by atoms with Crippen LogP contribution in [0.25, 0.3) is 0 Å². The SMILES string of the molecule is CC(C)(C)CCOCCCOc1ccccc1CN. The molecule has 0 amide bonds. The largest absolute Gasteiger partial charge is 0.493 e. The molecule has 0 saturated carbocycles. The van der Waals surface area contributed by atoms with E-state index in [0.29, 0.717) is 18.6 Å². The quantitative estimate of drug-likeness (QED) is 0.733. The van der Waals surface area contributed by atoms with E-state index in [1.165, 1.54) is 0 Å². The van der Waals surface area contributed by atoms with E-state index < -0.39 is 0 Å². The first-order valence-corrected chi connectivity index (χ1v) is 7.01. The summed E-state index contributed by atoms with van der Waals surface area (Å²) in [7, 11) is 0. The van der Waals surface area contributed by atoms with Gasteiger partial charge in [-0.3, -0.25) is 0 Å². The van der Waals surface area contributed by atoms with Gasteiger partial charge in [-0.1, -0.05) is 39.0 Å². The summed E-state index contributed by atoms with van der Waals surface area (Å²) in [5, 5.41) is 0. The first-order chi connectivity index (χ1) is 9.03. The van der Waals surface area contributed by atoms with Crippen molar-refractivity contribution in [2.24, 2.45) is 11.1 Å². The van der Waals surface area contributed by atoms with Crippen molar-refractivity contribution in [2.75, 3.05) is 19.8 Å². The zero-order valence-corrected chi connectivity index (χ0v) is 12.4. The number of ether oxygens (including phenoxy) is 2. The molecule has 0 aliphatic heterocycles. The molecule has 0 aliphatic carbocycles. The fraction of sp³-hybridized carbons (Fsp3) is 0.625. The molecule has 0 heterocycles. The van der Waals surface area contributed by atoms with Crippen LogP contribution in [0.3, 0.4) is 0 Å². The lowest BCUT2D eigenvalue weighted by Gasteiger charge is -2.17. The lowest BCUT2D eigenvalue weighted by Crippen LogP contribution is -2.11. The van der Waals surface area contributed by atoms with Gasteiger partial charge in [-0.2, -0.15) is 0 Å². The summed E-state index contributed by atoms with van der Waals surface area (Å²) in [6, 6.07) is 7.90. The van der Waals surface area contributed by atoms with Crippen molar-refractivity contribution >= 4 is 0 Å². The number of hydrogen-bond donors (Lipinski definition) is 1. The van der Waals surface area contributed by atoms with Gasteiger partial charge in [-0.15, -0.1) is 0 Å². The summed E-state index contributed by atoms with van der Waals surface area (Å²) in [5.74, 6) is 0.889. The lowest BCUT2D eigenvalue weighted by molar-refractivity contribution is 0.0972. The molecule has 0 radical (unpaired) electrons. The van der Waals surface area contributed by atoms with E-state index in [0.717, 1.165) is 37.4 Å². The minimum Gasteiger partial charge on any atom is -0.493 e. The van der Waals surface area contributed by atoms with Gasteiger partial charge in [0.15, 0.2) is 0 Å². The fourth-order valence-electron chi connectivity index (χ4n) is 1.64. The van der Waals surface area contributed by atoms with Crippen LogP contribution in [-0.4, -0.2) is 19.8 Å². The van der Waals surface area contributed by atoms with Crippen molar-refractivity contribution in [3.63, 3.8) is 0 Å². The van der Waals surface area contributed by atoms with Gasteiger partial charge in [0, 0.05) is 31.7 Å². The van der Waals surface area contributed by atoms with Crippen LogP contribution in [0, 0.1) is 5.41 Å². The number of rotatable bonds is 8. The molecule has 3 nitrogen and oxygen atoms in total. The molecular formula is C16H27NO2. The molecule has 1 aromatic carbocycles. The van der Waals surface area contributed by atoms with E-state index in [4.69, 9.17) is 15.2 Å². The van der Waals surface area contributed by atoms with Crippen molar-refractivity contribution in [1.82, 2.24) is 0 Å². The summed E-state index contributed by atoms with van der Waals surface area (Å²) in [4.78, 5) is 0. The fourth-order valence-corrected chi connectivity index (χ4v) is 1.64. The van der Waals surface area contributed by atoms with Crippen molar-refractivity contribution in [3.8, 4) is 5.75 Å². The van der Waals surface area contributed by atoms with Crippen LogP contribution < -0.4 is 10.5 Å². The van der Waals surface area contributed by atoms with Crippen molar-refractivity contribution in [3.05, 3.63) is 29.8 Å². The highest BCUT2D eigenvalue weighted by molar-refractivity contribution is 5.32. The molecular weight excluding hydrogens is 238 g/mol. The molecule has 2 N–H and O–H groups in total. The standard InChI is InChI=1S/C16H27NO2/c1-16(2,3)9-12-18-10-6-11-19-15-8-5-4-7-14(15)13-17/h4-5,7-8H,6,9-13,17H2,1-3H3. The number of nitrogens with two attached hydrogens (primary N) is 1. The lowest BCUT2D eigenvalue weighted by atomic mass is 9.93. The van der Waals surface area contributed by atoms with Crippen LogP contribution in [0.15, 0.2) is 24.3 Å². The second-order valence-electron chi connectivity index (χ2n) is 5.94. The molecule has 3 heteroatoms. The van der Waals surface area contributed by atoms with E-state index in [1.807, 2.05) is 24.3 Å². The zero-order chi connectivity index (χ0) is 14.1. The number of para-hydroxylation sites is 1. The predicted molar refractivity (Wildman–Crippen MR) is 79.3 cm³/mol. The molecule has 1 rings (SSSR count). The maximum Gasteiger partial charge on any atom is 0.123 e. The van der Waals surface area contributed by atoms with Gasteiger partial charge in [-0.05, 0) is 17.9 Å². The Labute approximate surface area is 117 Å². The third kappa shape index (κ3) is 7.19. The maximum atomic E-state index is 5.72. The summed E-state index contributed by atoms with van der Waals surface area (Å²) in [6.45, 7) is 9.43. The zero-order valence-electron chi connectivity index (χ0n) is 12.4. The third-order valence-electron chi connectivity index (χ3n) is 2.88. The molecule has 0 saturated heterocycles. The van der Waals surface area contributed by atoms with Crippen LogP contribution in [0.2, 0.25) is 0 Å². The first kappa shape index (κ1) is 16.0. The second kappa shape index (κ2) is 8.18. The molecule has 0 aromatic heterocycles. The van der Waals surface area contributed by atoms with E-state index in [9.17, 15) is 0 Å². The normalized spacial score (nSPS) is 11.6. The highest BCUT2D eigenvalue weighted by Gasteiger charge is 2.09. The smallest absolute Gasteiger partial charge is 0.123 e. The van der Waals surface area contributed by atoms with E-state index in [-0.39, 0.29) is 0 Å². The van der Waals surface area contributed by atoms with Gasteiger partial charge in [0.25, 0.3) is 0 Å². The van der Waals surface area contributed by atoms with E-state index in [2.05, 4.69) is 20.8 Å². The third-order valence-corrected chi connectivity index (χ3v) is 2.88. The first-order valence-electron chi connectivity index (χ1n) is 7.01. The van der Waals surface area contributed by atoms with Gasteiger partial charge in [0.1, 0.15) is 5.75 Å². The minimum atomic E-state index is 0.344. The van der Waals surface area contributed by atoms with Gasteiger partial charge < -0.3 is 15.2 Å². The van der Waals surface area contributed by atoms with Gasteiger partial charge in [-0.25, -0.2) is 0 Å². The Balaban J connectivity index is 2.11. The molecule has 0 fully saturated rings. The van der Waals surface area contributed by atoms with Gasteiger partial charge in [0.05, 0.1) is 6.61 Å². The van der Waals surface area contributed by atoms with Crippen molar-refractivity contribution in [1.29, 1.82) is 0 Å². The molecule has 19 heavy (non-hydrogen) atoms. The number of hydrogen-bond acceptors (Lipinski definition) is 3. The van der Waals surface area contributed by atoms with Crippen molar-refractivity contribution in [2.45, 2.75) is 40.2 Å². The van der Waals surface area contributed by atoms with Crippen molar-refractivity contribution < 1.29 is 9.47 Å². The molecule has 0 bridgehead atoms. The molecule has 0 aliphatic rings. The second-order valence-corrected chi connectivity index (χ2v) is 5.94. The number of benzene rings is 1. The Morgan fingerprint density at radius 2 is 1.79 bits per heavy atom. The molecule has 0 spiro atoms. The van der Waals surface area contributed by atoms with E-state index >= 15 is 0 Å². The maximum absolute atomic E-state index is 5.72. The molecule has 0 atom stereocenters. The minimum absolute atomic E-state index is 0.344. The Bertz CT molecular complexity index is 358. The molecule has 108 valence electrons. The summed E-state index contributed by atoms with van der Waals surface area (Å²) in [6.07, 6.45) is 1.99. The monoisotopic (exact) mass is 265 g/mol. The van der Waals surface area contributed by atoms with Crippen LogP contribution >= 0.6 is 0 Å². The van der Waals surface area contributed by atoms with Crippen LogP contribution in [0.1, 0.15) is 39.2 Å². The molecule has 1 aromatic rings. The highest BCUT2D eigenvalue weighted by atomic mass is 16.5. The summed E-state index contributed by atoms with van der Waals surface area (Å²) < 4.78 is 11.3. The van der Waals surface area contributed by atoms with Crippen LogP contribution in [-0.2, 0) is 11.3 Å². The Morgan fingerprint density at radius 3 is 2.47 bits per heavy atom. The Morgan fingerprint density at radius 1 is 1.05 bits per heavy atom. The van der Waals surface area contributed by atoms with Gasteiger partial charge >= 0.3 is 0 Å². The molecule has 0 unspecified atom stereocenters. The Hall–Kier alpha value is -1.06. The topological polar surface area (TPSA) is 44.5 Å². The van der Waals surface area contributed by atoms with Crippen LogP contribution in [0.4, 0.5) is 0 Å². The summed E-state index contributed by atoms with van der Waals surface area (Å²) >= 11 is 0.